The second-order valence-corrected chi connectivity index (χ2v) is 8.64. The van der Waals surface area contributed by atoms with Crippen molar-refractivity contribution < 1.29 is 9.59 Å². The first-order chi connectivity index (χ1) is 14.5. The minimum atomic E-state index is -0.596. The van der Waals surface area contributed by atoms with Gasteiger partial charge in [-0.2, -0.15) is 0 Å². The standard InChI is InChI=1S/C22H27N5O2S/c1-3-26-12-6-7-17(26)14-23-20(28)15(2)24-21(29)16-8-9-18-19(13-16)30-22(25-18)27-10-4-5-11-27/h4-5,8-11,13,15,17H,3,6-7,12,14H2,1-2H3,(H,23,28)(H,24,29)/t15-,17+/m1/s1. The van der Waals surface area contributed by atoms with Gasteiger partial charge in [0.1, 0.15) is 6.04 Å². The van der Waals surface area contributed by atoms with Crippen LogP contribution in [0, 0.1) is 0 Å². The summed E-state index contributed by atoms with van der Waals surface area (Å²) in [4.78, 5) is 32.1. The van der Waals surface area contributed by atoms with Crippen LogP contribution in [0.2, 0.25) is 0 Å². The molecule has 0 bridgehead atoms. The summed E-state index contributed by atoms with van der Waals surface area (Å²) in [5.41, 5.74) is 1.38. The molecule has 8 heteroatoms. The Hall–Kier alpha value is -2.71. The summed E-state index contributed by atoms with van der Waals surface area (Å²) in [6.07, 6.45) is 6.16. The van der Waals surface area contributed by atoms with Crippen molar-refractivity contribution in [2.45, 2.75) is 38.8 Å². The zero-order valence-electron chi connectivity index (χ0n) is 17.3. The van der Waals surface area contributed by atoms with Gasteiger partial charge in [-0.05, 0) is 63.2 Å². The van der Waals surface area contributed by atoms with Crippen LogP contribution < -0.4 is 10.6 Å². The Balaban J connectivity index is 1.36. The predicted molar refractivity (Wildman–Crippen MR) is 119 cm³/mol. The number of amides is 2. The second kappa shape index (κ2) is 8.97. The zero-order valence-corrected chi connectivity index (χ0v) is 18.1. The lowest BCUT2D eigenvalue weighted by Crippen LogP contribution is -2.48. The SMILES string of the molecule is CCN1CCC[C@H]1CNC(=O)[C@@H](C)NC(=O)c1ccc2nc(-n3cccc3)sc2c1. The highest BCUT2D eigenvalue weighted by Crippen LogP contribution is 2.26. The van der Waals surface area contributed by atoms with Gasteiger partial charge < -0.3 is 15.2 Å². The van der Waals surface area contributed by atoms with E-state index in [9.17, 15) is 9.59 Å². The van der Waals surface area contributed by atoms with E-state index in [-0.39, 0.29) is 11.8 Å². The molecular formula is C22H27N5O2S. The number of benzene rings is 1. The van der Waals surface area contributed by atoms with Gasteiger partial charge >= 0.3 is 0 Å². The van der Waals surface area contributed by atoms with Crippen molar-refractivity contribution in [1.29, 1.82) is 0 Å². The number of likely N-dealkylation sites (tertiary alicyclic amines) is 1. The van der Waals surface area contributed by atoms with Crippen LogP contribution in [0.4, 0.5) is 0 Å². The molecule has 0 aliphatic carbocycles. The van der Waals surface area contributed by atoms with Crippen molar-refractivity contribution in [3.8, 4) is 5.13 Å². The lowest BCUT2D eigenvalue weighted by molar-refractivity contribution is -0.122. The third kappa shape index (κ3) is 4.39. The van der Waals surface area contributed by atoms with E-state index in [2.05, 4.69) is 27.4 Å². The number of nitrogens with one attached hydrogen (secondary N) is 2. The molecule has 1 aliphatic heterocycles. The quantitative estimate of drug-likeness (QED) is 0.610. The average Bonchev–Trinajstić information content (AvgIpc) is 3.50. The van der Waals surface area contributed by atoms with E-state index in [1.807, 2.05) is 41.2 Å². The molecule has 3 aromatic rings. The van der Waals surface area contributed by atoms with E-state index in [4.69, 9.17) is 0 Å². The first-order valence-electron chi connectivity index (χ1n) is 10.4. The van der Waals surface area contributed by atoms with Crippen LogP contribution in [0.3, 0.4) is 0 Å². The Kier molecular flexibility index (Phi) is 6.15. The first kappa shape index (κ1) is 20.6. The molecule has 0 radical (unpaired) electrons. The monoisotopic (exact) mass is 425 g/mol. The van der Waals surface area contributed by atoms with Gasteiger partial charge in [-0.3, -0.25) is 14.5 Å². The molecule has 158 valence electrons. The number of aromatic nitrogens is 2. The molecular weight excluding hydrogens is 398 g/mol. The third-order valence-corrected chi connectivity index (χ3v) is 6.65. The fourth-order valence-corrected chi connectivity index (χ4v) is 4.86. The summed E-state index contributed by atoms with van der Waals surface area (Å²) >= 11 is 1.52. The summed E-state index contributed by atoms with van der Waals surface area (Å²) in [7, 11) is 0. The molecule has 2 N–H and O–H groups in total. The zero-order chi connectivity index (χ0) is 21.1. The molecule has 7 nitrogen and oxygen atoms in total. The van der Waals surface area contributed by atoms with Gasteiger partial charge in [-0.15, -0.1) is 0 Å². The lowest BCUT2D eigenvalue weighted by Gasteiger charge is -2.23. The van der Waals surface area contributed by atoms with Gasteiger partial charge in [0.25, 0.3) is 5.91 Å². The van der Waals surface area contributed by atoms with Crippen LogP contribution in [0.1, 0.15) is 37.0 Å². The molecule has 1 fully saturated rings. The van der Waals surface area contributed by atoms with Gasteiger partial charge in [0.15, 0.2) is 5.13 Å². The van der Waals surface area contributed by atoms with Crippen molar-refractivity contribution in [3.63, 3.8) is 0 Å². The molecule has 2 atom stereocenters. The van der Waals surface area contributed by atoms with E-state index >= 15 is 0 Å². The van der Waals surface area contributed by atoms with E-state index in [0.29, 0.717) is 18.2 Å². The van der Waals surface area contributed by atoms with Crippen LogP contribution in [0.25, 0.3) is 15.3 Å². The number of carbonyl (C=O) groups is 2. The van der Waals surface area contributed by atoms with Crippen LogP contribution in [0.15, 0.2) is 42.7 Å². The number of hydrogen-bond donors (Lipinski definition) is 2. The van der Waals surface area contributed by atoms with E-state index in [1.165, 1.54) is 17.8 Å². The smallest absolute Gasteiger partial charge is 0.251 e. The maximum Gasteiger partial charge on any atom is 0.251 e. The van der Waals surface area contributed by atoms with Crippen molar-refractivity contribution in [2.75, 3.05) is 19.6 Å². The topological polar surface area (TPSA) is 79.3 Å². The number of carbonyl (C=O) groups excluding carboxylic acids is 2. The normalized spacial score (nSPS) is 17.9. The summed E-state index contributed by atoms with van der Waals surface area (Å²) in [6.45, 7) is 6.58. The Labute approximate surface area is 180 Å². The lowest BCUT2D eigenvalue weighted by atomic mass is 10.2. The molecule has 1 aliphatic rings. The summed E-state index contributed by atoms with van der Waals surface area (Å²) in [6, 6.07) is 9.12. The Bertz CT molecular complexity index is 1030. The molecule has 0 spiro atoms. The molecule has 0 unspecified atom stereocenters. The molecule has 4 rings (SSSR count). The first-order valence-corrected chi connectivity index (χ1v) is 11.2. The number of nitrogens with zero attached hydrogens (tertiary/aromatic N) is 3. The van der Waals surface area contributed by atoms with Gasteiger partial charge in [0, 0.05) is 30.5 Å². The third-order valence-electron chi connectivity index (χ3n) is 5.62. The number of thiazole rings is 1. The van der Waals surface area contributed by atoms with E-state index < -0.39 is 6.04 Å². The molecule has 1 saturated heterocycles. The fraction of sp³-hybridized carbons (Fsp3) is 0.409. The van der Waals surface area contributed by atoms with Gasteiger partial charge in [0.2, 0.25) is 5.91 Å². The number of rotatable bonds is 7. The van der Waals surface area contributed by atoms with Crippen molar-refractivity contribution in [2.24, 2.45) is 0 Å². The summed E-state index contributed by atoms with van der Waals surface area (Å²) in [5, 5.41) is 6.65. The summed E-state index contributed by atoms with van der Waals surface area (Å²) < 4.78 is 2.88. The molecule has 2 aromatic heterocycles. The van der Waals surface area contributed by atoms with Gasteiger partial charge in [0.05, 0.1) is 10.2 Å². The van der Waals surface area contributed by atoms with Crippen LogP contribution in [-0.4, -0.2) is 58.0 Å². The maximum absolute atomic E-state index is 12.7. The largest absolute Gasteiger partial charge is 0.353 e. The van der Waals surface area contributed by atoms with Gasteiger partial charge in [-0.25, -0.2) is 4.98 Å². The Morgan fingerprint density at radius 1 is 1.30 bits per heavy atom. The molecule has 3 heterocycles. The molecule has 1 aromatic carbocycles. The van der Waals surface area contributed by atoms with E-state index in [1.54, 1.807) is 13.0 Å². The highest BCUT2D eigenvalue weighted by atomic mass is 32.1. The highest BCUT2D eigenvalue weighted by molar-refractivity contribution is 7.20. The van der Waals surface area contributed by atoms with Crippen molar-refractivity contribution in [1.82, 2.24) is 25.1 Å². The maximum atomic E-state index is 12.7. The predicted octanol–water partition coefficient (Wildman–Crippen LogP) is 2.81. The number of hydrogen-bond acceptors (Lipinski definition) is 5. The Morgan fingerprint density at radius 3 is 2.87 bits per heavy atom. The minimum Gasteiger partial charge on any atom is -0.353 e. The average molecular weight is 426 g/mol. The molecule has 0 saturated carbocycles. The van der Waals surface area contributed by atoms with Crippen LogP contribution in [0.5, 0.6) is 0 Å². The number of fused-ring (bicyclic) bond motifs is 1. The van der Waals surface area contributed by atoms with Gasteiger partial charge in [-0.1, -0.05) is 18.3 Å². The minimum absolute atomic E-state index is 0.153. The van der Waals surface area contributed by atoms with E-state index in [0.717, 1.165) is 34.9 Å². The fourth-order valence-electron chi connectivity index (χ4n) is 3.89. The van der Waals surface area contributed by atoms with Crippen LogP contribution >= 0.6 is 11.3 Å². The van der Waals surface area contributed by atoms with Crippen molar-refractivity contribution in [3.05, 3.63) is 48.3 Å². The molecule has 30 heavy (non-hydrogen) atoms. The van der Waals surface area contributed by atoms with Crippen LogP contribution in [-0.2, 0) is 4.79 Å². The Morgan fingerprint density at radius 2 is 2.10 bits per heavy atom. The number of likely N-dealkylation sites (N-methyl/N-ethyl adjacent to an activating group) is 1. The summed E-state index contributed by atoms with van der Waals surface area (Å²) in [5.74, 6) is -0.411. The second-order valence-electron chi connectivity index (χ2n) is 7.63. The highest BCUT2D eigenvalue weighted by Gasteiger charge is 2.24. The van der Waals surface area contributed by atoms with Crippen molar-refractivity contribution >= 4 is 33.4 Å². The molecule has 2 amide bonds.